The molecular formula is C24H19FN4O3S. The molecule has 0 fully saturated rings. The minimum Gasteiger partial charge on any atom is -0.272 e. The number of aromatic nitrogens is 2. The number of benzene rings is 3. The van der Waals surface area contributed by atoms with Crippen LogP contribution in [0, 0.1) is 12.7 Å². The van der Waals surface area contributed by atoms with Gasteiger partial charge in [-0.25, -0.2) is 9.37 Å². The number of para-hydroxylation sites is 1. The van der Waals surface area contributed by atoms with Crippen LogP contribution in [-0.4, -0.2) is 27.1 Å². The summed E-state index contributed by atoms with van der Waals surface area (Å²) >= 11 is 1.00. The predicted molar refractivity (Wildman–Crippen MR) is 125 cm³/mol. The number of hydrogen-bond acceptors (Lipinski definition) is 5. The summed E-state index contributed by atoms with van der Waals surface area (Å²) < 4.78 is 15.5. The fourth-order valence-corrected chi connectivity index (χ4v) is 3.92. The molecular weight excluding hydrogens is 443 g/mol. The van der Waals surface area contributed by atoms with E-state index in [1.54, 1.807) is 73.7 Å². The lowest BCUT2D eigenvalue weighted by molar-refractivity contribution is -0.119. The highest BCUT2D eigenvalue weighted by molar-refractivity contribution is 7.99. The van der Waals surface area contributed by atoms with Crippen molar-refractivity contribution >= 4 is 34.5 Å². The van der Waals surface area contributed by atoms with Gasteiger partial charge in [0.1, 0.15) is 5.82 Å². The first-order chi connectivity index (χ1) is 15.9. The predicted octanol–water partition coefficient (Wildman–Crippen LogP) is 3.39. The second-order valence-electron chi connectivity index (χ2n) is 7.14. The van der Waals surface area contributed by atoms with Crippen LogP contribution in [0.2, 0.25) is 0 Å². The summed E-state index contributed by atoms with van der Waals surface area (Å²) in [4.78, 5) is 42.1. The maximum Gasteiger partial charge on any atom is 0.269 e. The molecule has 0 radical (unpaired) electrons. The van der Waals surface area contributed by atoms with Crippen LogP contribution in [0.5, 0.6) is 0 Å². The molecule has 1 aromatic heterocycles. The van der Waals surface area contributed by atoms with Crippen molar-refractivity contribution in [3.8, 4) is 5.69 Å². The monoisotopic (exact) mass is 462 g/mol. The van der Waals surface area contributed by atoms with Crippen molar-refractivity contribution in [2.24, 2.45) is 0 Å². The largest absolute Gasteiger partial charge is 0.272 e. The molecule has 0 aliphatic rings. The van der Waals surface area contributed by atoms with Gasteiger partial charge >= 0.3 is 0 Å². The molecule has 0 bridgehead atoms. The van der Waals surface area contributed by atoms with Crippen molar-refractivity contribution in [1.29, 1.82) is 0 Å². The van der Waals surface area contributed by atoms with Crippen molar-refractivity contribution in [1.82, 2.24) is 20.4 Å². The fourth-order valence-electron chi connectivity index (χ4n) is 3.11. The van der Waals surface area contributed by atoms with Gasteiger partial charge in [-0.1, -0.05) is 48.2 Å². The number of rotatable bonds is 5. The molecule has 0 aliphatic heterocycles. The average Bonchev–Trinajstić information content (AvgIpc) is 2.83. The first kappa shape index (κ1) is 22.2. The average molecular weight is 463 g/mol. The van der Waals surface area contributed by atoms with E-state index in [0.29, 0.717) is 27.7 Å². The Balaban J connectivity index is 1.57. The van der Waals surface area contributed by atoms with E-state index < -0.39 is 17.6 Å². The number of thioether (sulfide) groups is 1. The summed E-state index contributed by atoms with van der Waals surface area (Å²) in [5.74, 6) is -1.53. The van der Waals surface area contributed by atoms with Crippen LogP contribution in [0.1, 0.15) is 15.9 Å². The molecule has 0 spiro atoms. The minimum absolute atomic E-state index is 0.131. The Morgan fingerprint density at radius 1 is 1.00 bits per heavy atom. The SMILES string of the molecule is Cc1ccc(-n2c(SCC(=O)NNC(=O)c3ccccc3)nc3ccccc3c2=O)cc1F. The maximum atomic E-state index is 14.2. The van der Waals surface area contributed by atoms with E-state index in [1.807, 2.05) is 0 Å². The molecule has 3 aromatic carbocycles. The highest BCUT2D eigenvalue weighted by atomic mass is 32.2. The molecule has 2 N–H and O–H groups in total. The second kappa shape index (κ2) is 9.66. The first-order valence-corrected chi connectivity index (χ1v) is 11.0. The summed E-state index contributed by atoms with van der Waals surface area (Å²) in [6.07, 6.45) is 0. The van der Waals surface area contributed by atoms with E-state index in [9.17, 15) is 18.8 Å². The molecule has 0 aliphatic carbocycles. The van der Waals surface area contributed by atoms with Gasteiger partial charge in [-0.15, -0.1) is 0 Å². The van der Waals surface area contributed by atoms with E-state index >= 15 is 0 Å². The summed E-state index contributed by atoms with van der Waals surface area (Å²) in [5.41, 5.74) is 5.94. The van der Waals surface area contributed by atoms with Crippen LogP contribution in [0.25, 0.3) is 16.6 Å². The fraction of sp³-hybridized carbons (Fsp3) is 0.0833. The van der Waals surface area contributed by atoms with Gasteiger partial charge in [0.15, 0.2) is 5.16 Å². The molecule has 33 heavy (non-hydrogen) atoms. The molecule has 0 saturated carbocycles. The van der Waals surface area contributed by atoms with E-state index in [4.69, 9.17) is 0 Å². The normalized spacial score (nSPS) is 10.7. The number of fused-ring (bicyclic) bond motifs is 1. The zero-order valence-electron chi connectivity index (χ0n) is 17.5. The second-order valence-corrected chi connectivity index (χ2v) is 8.09. The van der Waals surface area contributed by atoms with Crippen molar-refractivity contribution in [3.05, 3.63) is 100 Å². The number of carbonyl (C=O) groups is 2. The van der Waals surface area contributed by atoms with E-state index in [0.717, 1.165) is 11.8 Å². The van der Waals surface area contributed by atoms with Crippen LogP contribution in [-0.2, 0) is 4.79 Å². The summed E-state index contributed by atoms with van der Waals surface area (Å²) in [6, 6.07) is 19.7. The zero-order chi connectivity index (χ0) is 23.4. The molecule has 4 rings (SSSR count). The van der Waals surface area contributed by atoms with E-state index in [2.05, 4.69) is 15.8 Å². The Morgan fingerprint density at radius 2 is 1.73 bits per heavy atom. The lowest BCUT2D eigenvalue weighted by Crippen LogP contribution is -2.42. The molecule has 2 amide bonds. The summed E-state index contributed by atoms with van der Waals surface area (Å²) in [5, 5.41) is 0.605. The molecule has 9 heteroatoms. The van der Waals surface area contributed by atoms with Gasteiger partial charge in [0.2, 0.25) is 5.91 Å². The topological polar surface area (TPSA) is 93.1 Å². The van der Waals surface area contributed by atoms with Crippen molar-refractivity contribution in [3.63, 3.8) is 0 Å². The van der Waals surface area contributed by atoms with Crippen LogP contribution >= 0.6 is 11.8 Å². The van der Waals surface area contributed by atoms with Crippen LogP contribution in [0.15, 0.2) is 82.7 Å². The van der Waals surface area contributed by atoms with Crippen molar-refractivity contribution in [2.45, 2.75) is 12.1 Å². The zero-order valence-corrected chi connectivity index (χ0v) is 18.4. The van der Waals surface area contributed by atoms with Crippen LogP contribution < -0.4 is 16.4 Å². The number of aryl methyl sites for hydroxylation is 1. The molecule has 0 saturated heterocycles. The smallest absolute Gasteiger partial charge is 0.269 e. The standard InChI is InChI=1S/C24H19FN4O3S/c1-15-11-12-17(13-19(15)25)29-23(32)18-9-5-6-10-20(18)26-24(29)33-14-21(30)27-28-22(31)16-7-3-2-4-8-16/h2-13H,14H2,1H3,(H,27,30)(H,28,31). The molecule has 0 unspecified atom stereocenters. The Hall–Kier alpha value is -3.98. The summed E-state index contributed by atoms with van der Waals surface area (Å²) in [6.45, 7) is 1.63. The van der Waals surface area contributed by atoms with E-state index in [1.165, 1.54) is 10.6 Å². The lowest BCUT2D eigenvalue weighted by Gasteiger charge is -2.14. The number of hydrogen-bond donors (Lipinski definition) is 2. The number of halogens is 1. The minimum atomic E-state index is -0.492. The summed E-state index contributed by atoms with van der Waals surface area (Å²) in [7, 11) is 0. The third kappa shape index (κ3) is 4.93. The van der Waals surface area contributed by atoms with Gasteiger partial charge < -0.3 is 0 Å². The van der Waals surface area contributed by atoms with Gasteiger partial charge in [0, 0.05) is 5.56 Å². The number of amides is 2. The Labute approximate surface area is 192 Å². The quantitative estimate of drug-likeness (QED) is 0.269. The van der Waals surface area contributed by atoms with Gasteiger partial charge in [0.05, 0.1) is 22.3 Å². The van der Waals surface area contributed by atoms with E-state index in [-0.39, 0.29) is 16.5 Å². The first-order valence-electron chi connectivity index (χ1n) is 9.99. The van der Waals surface area contributed by atoms with Crippen LogP contribution in [0.4, 0.5) is 4.39 Å². The van der Waals surface area contributed by atoms with Gasteiger partial charge in [-0.05, 0) is 48.9 Å². The Kier molecular flexibility index (Phi) is 6.50. The van der Waals surface area contributed by atoms with Gasteiger partial charge in [0.25, 0.3) is 11.5 Å². The molecule has 4 aromatic rings. The molecule has 1 heterocycles. The Morgan fingerprint density at radius 3 is 2.48 bits per heavy atom. The highest BCUT2D eigenvalue weighted by Crippen LogP contribution is 2.22. The molecule has 166 valence electrons. The van der Waals surface area contributed by atoms with Crippen molar-refractivity contribution in [2.75, 3.05) is 5.75 Å². The highest BCUT2D eigenvalue weighted by Gasteiger charge is 2.16. The third-order valence-electron chi connectivity index (χ3n) is 4.84. The maximum absolute atomic E-state index is 14.2. The number of carbonyl (C=O) groups excluding carboxylic acids is 2. The number of nitrogens with zero attached hydrogens (tertiary/aromatic N) is 2. The van der Waals surface area contributed by atoms with Gasteiger partial charge in [-0.2, -0.15) is 0 Å². The third-order valence-corrected chi connectivity index (χ3v) is 5.78. The number of hydrazine groups is 1. The number of nitrogens with one attached hydrogen (secondary N) is 2. The van der Waals surface area contributed by atoms with Gasteiger partial charge in [-0.3, -0.25) is 29.8 Å². The van der Waals surface area contributed by atoms with Crippen LogP contribution in [0.3, 0.4) is 0 Å². The lowest BCUT2D eigenvalue weighted by atomic mass is 10.2. The van der Waals surface area contributed by atoms with Crippen molar-refractivity contribution < 1.29 is 14.0 Å². The Bertz CT molecular complexity index is 1410. The molecule has 0 atom stereocenters. The molecule has 7 nitrogen and oxygen atoms in total.